The number of methoxy groups -OCH3 is 1. The first-order valence-electron chi connectivity index (χ1n) is 7.27. The molecule has 0 aromatic heterocycles. The summed E-state index contributed by atoms with van der Waals surface area (Å²) < 4.78 is 34.9. The van der Waals surface area contributed by atoms with Gasteiger partial charge in [0.15, 0.2) is 11.5 Å². The fourth-order valence-corrected chi connectivity index (χ4v) is 2.42. The number of alkyl halides is 2. The average molecular weight is 412 g/mol. The molecule has 4 nitrogen and oxygen atoms in total. The molecule has 0 bridgehead atoms. The molecular weight excluding hydrogens is 396 g/mol. The van der Waals surface area contributed by atoms with Crippen LogP contribution in [-0.2, 0) is 4.79 Å². The lowest BCUT2D eigenvalue weighted by atomic mass is 10.1. The molecule has 0 heterocycles. The van der Waals surface area contributed by atoms with Crippen molar-refractivity contribution in [2.24, 2.45) is 0 Å². The number of carbonyl (C=O) groups is 1. The van der Waals surface area contributed by atoms with Gasteiger partial charge in [0, 0.05) is 16.2 Å². The second kappa shape index (κ2) is 8.62. The van der Waals surface area contributed by atoms with Gasteiger partial charge in [-0.1, -0.05) is 28.1 Å². The predicted molar refractivity (Wildman–Crippen MR) is 96.2 cm³/mol. The Bertz CT molecular complexity index is 794. The van der Waals surface area contributed by atoms with Gasteiger partial charge in [0.25, 0.3) is 0 Å². The highest BCUT2D eigenvalue weighted by molar-refractivity contribution is 9.10. The van der Waals surface area contributed by atoms with Crippen LogP contribution in [0.1, 0.15) is 11.1 Å². The molecule has 0 aliphatic rings. The summed E-state index contributed by atoms with van der Waals surface area (Å²) in [6.45, 7) is -1.05. The van der Waals surface area contributed by atoms with Crippen molar-refractivity contribution in [3.63, 3.8) is 0 Å². The molecule has 0 spiro atoms. The maximum atomic E-state index is 12.3. The number of hydrogen-bond donors (Lipinski definition) is 1. The Balaban J connectivity index is 2.10. The zero-order chi connectivity index (χ0) is 18.4. The third kappa shape index (κ3) is 5.56. The first-order chi connectivity index (χ1) is 11.9. The predicted octanol–water partition coefficient (Wildman–Crippen LogP) is 5.02. The van der Waals surface area contributed by atoms with Crippen molar-refractivity contribution < 1.29 is 23.0 Å². The molecule has 0 radical (unpaired) electrons. The highest BCUT2D eigenvalue weighted by atomic mass is 79.9. The Morgan fingerprint density at radius 3 is 2.64 bits per heavy atom. The topological polar surface area (TPSA) is 47.6 Å². The smallest absolute Gasteiger partial charge is 0.387 e. The van der Waals surface area contributed by atoms with Crippen LogP contribution in [0, 0.1) is 6.92 Å². The van der Waals surface area contributed by atoms with E-state index in [9.17, 15) is 13.6 Å². The minimum Gasteiger partial charge on any atom is -0.493 e. The first-order valence-corrected chi connectivity index (χ1v) is 8.06. The maximum Gasteiger partial charge on any atom is 0.387 e. The fourth-order valence-electron chi connectivity index (χ4n) is 2.06. The average Bonchev–Trinajstić information content (AvgIpc) is 2.56. The fraction of sp³-hybridized carbons (Fsp3) is 0.167. The van der Waals surface area contributed by atoms with Crippen LogP contribution in [0.25, 0.3) is 6.08 Å². The molecular formula is C18H16BrF2NO3. The van der Waals surface area contributed by atoms with Crippen LogP contribution in [-0.4, -0.2) is 19.6 Å². The number of hydrogen-bond acceptors (Lipinski definition) is 3. The number of halogens is 3. The number of nitrogens with one attached hydrogen (secondary N) is 1. The summed E-state index contributed by atoms with van der Waals surface area (Å²) in [5.74, 6) is -0.220. The van der Waals surface area contributed by atoms with Gasteiger partial charge in [-0.25, -0.2) is 0 Å². The second-order valence-corrected chi connectivity index (χ2v) is 5.99. The van der Waals surface area contributed by atoms with E-state index < -0.39 is 6.61 Å². The number of anilines is 1. The van der Waals surface area contributed by atoms with Crippen molar-refractivity contribution in [3.05, 3.63) is 58.1 Å². The molecule has 0 aliphatic carbocycles. The largest absolute Gasteiger partial charge is 0.493 e. The number of carbonyl (C=O) groups excluding carboxylic acids is 1. The quantitative estimate of drug-likeness (QED) is 0.678. The minimum absolute atomic E-state index is 0.0659. The standard InChI is InChI=1S/C18H16BrF2NO3/c1-11-3-6-13(19)10-14(11)22-17(23)8-5-12-4-7-15(25-18(20)21)16(9-12)24-2/h3-10,18H,1-2H3,(H,22,23)/b8-5+. The van der Waals surface area contributed by atoms with Crippen LogP contribution in [0.5, 0.6) is 11.5 Å². The molecule has 25 heavy (non-hydrogen) atoms. The Labute approximate surface area is 152 Å². The molecule has 2 rings (SSSR count). The molecule has 0 fully saturated rings. The summed E-state index contributed by atoms with van der Waals surface area (Å²) in [5, 5.41) is 2.78. The van der Waals surface area contributed by atoms with Gasteiger partial charge < -0.3 is 14.8 Å². The van der Waals surface area contributed by atoms with Gasteiger partial charge in [-0.2, -0.15) is 8.78 Å². The van der Waals surface area contributed by atoms with Crippen molar-refractivity contribution in [3.8, 4) is 11.5 Å². The van der Waals surface area contributed by atoms with Crippen LogP contribution >= 0.6 is 15.9 Å². The van der Waals surface area contributed by atoms with Crippen LogP contribution in [0.15, 0.2) is 46.9 Å². The number of benzene rings is 2. The van der Waals surface area contributed by atoms with Gasteiger partial charge in [-0.05, 0) is 48.4 Å². The molecule has 1 amide bonds. The third-order valence-corrected chi connectivity index (χ3v) is 3.78. The lowest BCUT2D eigenvalue weighted by Gasteiger charge is -2.10. The van der Waals surface area contributed by atoms with Gasteiger partial charge >= 0.3 is 6.61 Å². The minimum atomic E-state index is -2.94. The summed E-state index contributed by atoms with van der Waals surface area (Å²) >= 11 is 3.35. The molecule has 0 unspecified atom stereocenters. The number of ether oxygens (including phenoxy) is 2. The summed E-state index contributed by atoms with van der Waals surface area (Å²) in [5.41, 5.74) is 2.24. The normalized spacial score (nSPS) is 11.0. The SMILES string of the molecule is COc1cc(/C=C/C(=O)Nc2cc(Br)ccc2C)ccc1OC(F)F. The molecule has 0 saturated carbocycles. The molecule has 132 valence electrons. The molecule has 2 aromatic rings. The summed E-state index contributed by atoms with van der Waals surface area (Å²) in [7, 11) is 1.35. The van der Waals surface area contributed by atoms with Gasteiger partial charge in [-0.3, -0.25) is 4.79 Å². The van der Waals surface area contributed by atoms with Crippen molar-refractivity contribution in [2.45, 2.75) is 13.5 Å². The Morgan fingerprint density at radius 1 is 1.20 bits per heavy atom. The van der Waals surface area contributed by atoms with Crippen LogP contribution in [0.2, 0.25) is 0 Å². The summed E-state index contributed by atoms with van der Waals surface area (Å²) in [6.07, 6.45) is 2.90. The lowest BCUT2D eigenvalue weighted by Crippen LogP contribution is -2.08. The second-order valence-electron chi connectivity index (χ2n) is 5.07. The zero-order valence-electron chi connectivity index (χ0n) is 13.6. The molecule has 0 atom stereocenters. The highest BCUT2D eigenvalue weighted by Gasteiger charge is 2.10. The van der Waals surface area contributed by atoms with Crippen LogP contribution < -0.4 is 14.8 Å². The van der Waals surface area contributed by atoms with Crippen molar-refractivity contribution >= 4 is 33.6 Å². The van der Waals surface area contributed by atoms with Gasteiger partial charge in [0.05, 0.1) is 7.11 Å². The van der Waals surface area contributed by atoms with E-state index in [1.165, 1.54) is 25.3 Å². The Morgan fingerprint density at radius 2 is 1.96 bits per heavy atom. The Hall–Kier alpha value is -2.41. The van der Waals surface area contributed by atoms with Crippen molar-refractivity contribution in [1.29, 1.82) is 0 Å². The van der Waals surface area contributed by atoms with Gasteiger partial charge in [-0.15, -0.1) is 0 Å². The Kier molecular flexibility index (Phi) is 6.52. The summed E-state index contributed by atoms with van der Waals surface area (Å²) in [4.78, 5) is 12.0. The van der Waals surface area contributed by atoms with Crippen molar-refractivity contribution in [1.82, 2.24) is 0 Å². The van der Waals surface area contributed by atoms with Crippen molar-refractivity contribution in [2.75, 3.05) is 12.4 Å². The van der Waals surface area contributed by atoms with E-state index in [-0.39, 0.29) is 17.4 Å². The van der Waals surface area contributed by atoms with E-state index >= 15 is 0 Å². The first kappa shape index (κ1) is 18.9. The monoisotopic (exact) mass is 411 g/mol. The molecule has 2 aromatic carbocycles. The van der Waals surface area contributed by atoms with Gasteiger partial charge in [0.1, 0.15) is 0 Å². The van der Waals surface area contributed by atoms with E-state index in [1.54, 1.807) is 18.2 Å². The van der Waals surface area contributed by atoms with Crippen LogP contribution in [0.4, 0.5) is 14.5 Å². The molecule has 7 heteroatoms. The number of amides is 1. The number of rotatable bonds is 6. The summed E-state index contributed by atoms with van der Waals surface area (Å²) in [6, 6.07) is 9.99. The third-order valence-electron chi connectivity index (χ3n) is 3.29. The lowest BCUT2D eigenvalue weighted by molar-refractivity contribution is -0.111. The highest BCUT2D eigenvalue weighted by Crippen LogP contribution is 2.30. The molecule has 0 saturated heterocycles. The zero-order valence-corrected chi connectivity index (χ0v) is 15.1. The molecule has 1 N–H and O–H groups in total. The van der Waals surface area contributed by atoms with Gasteiger partial charge in [0.2, 0.25) is 5.91 Å². The van der Waals surface area contributed by atoms with E-state index in [0.29, 0.717) is 11.3 Å². The van der Waals surface area contributed by atoms with E-state index in [0.717, 1.165) is 10.0 Å². The van der Waals surface area contributed by atoms with E-state index in [2.05, 4.69) is 26.0 Å². The number of aryl methyl sites for hydroxylation is 1. The van der Waals surface area contributed by atoms with E-state index in [4.69, 9.17) is 4.74 Å². The van der Waals surface area contributed by atoms with Crippen LogP contribution in [0.3, 0.4) is 0 Å². The maximum absolute atomic E-state index is 12.3. The molecule has 0 aliphatic heterocycles. The van der Waals surface area contributed by atoms with E-state index in [1.807, 2.05) is 19.1 Å².